The number of hydrogen-bond acceptors (Lipinski definition) is 7. The Morgan fingerprint density at radius 3 is 2.72 bits per heavy atom. The normalized spacial score (nSPS) is 15.3. The summed E-state index contributed by atoms with van der Waals surface area (Å²) in [6.45, 7) is 3.83. The van der Waals surface area contributed by atoms with Crippen molar-refractivity contribution in [2.24, 2.45) is 0 Å². The third-order valence-corrected chi connectivity index (χ3v) is 4.32. The number of nitrogens with zero attached hydrogens (tertiary/aromatic N) is 7. The van der Waals surface area contributed by atoms with Crippen molar-refractivity contribution in [1.29, 1.82) is 0 Å². The maximum Gasteiger partial charge on any atom is 0.173 e. The van der Waals surface area contributed by atoms with Gasteiger partial charge in [0.2, 0.25) is 0 Å². The van der Waals surface area contributed by atoms with Gasteiger partial charge in [0.25, 0.3) is 0 Å². The van der Waals surface area contributed by atoms with E-state index in [4.69, 9.17) is 0 Å². The molecule has 0 amide bonds. The predicted molar refractivity (Wildman–Crippen MR) is 94.8 cm³/mol. The molecule has 1 fully saturated rings. The highest BCUT2D eigenvalue weighted by Gasteiger charge is 2.21. The van der Waals surface area contributed by atoms with E-state index in [0.717, 1.165) is 49.1 Å². The van der Waals surface area contributed by atoms with Crippen LogP contribution >= 0.6 is 0 Å². The molecule has 8 nitrogen and oxygen atoms in total. The first-order valence-electron chi connectivity index (χ1n) is 8.40. The van der Waals surface area contributed by atoms with Crippen molar-refractivity contribution in [1.82, 2.24) is 29.7 Å². The zero-order valence-corrected chi connectivity index (χ0v) is 14.1. The molecule has 0 atom stereocenters. The highest BCUT2D eigenvalue weighted by atomic mass is 15.3. The molecule has 0 saturated carbocycles. The van der Waals surface area contributed by atoms with Crippen LogP contribution in [0.3, 0.4) is 0 Å². The molecule has 0 aromatic carbocycles. The number of nitrogens with one attached hydrogen (secondary N) is 1. The number of hydrogen-bond donors (Lipinski definition) is 1. The summed E-state index contributed by atoms with van der Waals surface area (Å²) in [6.07, 6.45) is 10.8. The van der Waals surface area contributed by atoms with Crippen molar-refractivity contribution in [2.45, 2.75) is 25.8 Å². The van der Waals surface area contributed by atoms with Crippen LogP contribution in [0.25, 0.3) is 5.82 Å². The largest absolute Gasteiger partial charge is 0.367 e. The fourth-order valence-electron chi connectivity index (χ4n) is 3.01. The summed E-state index contributed by atoms with van der Waals surface area (Å²) < 4.78 is 1.72. The molecule has 0 radical (unpaired) electrons. The van der Waals surface area contributed by atoms with E-state index in [0.29, 0.717) is 6.04 Å². The number of piperidine rings is 1. The smallest absolute Gasteiger partial charge is 0.173 e. The van der Waals surface area contributed by atoms with E-state index in [1.54, 1.807) is 23.4 Å². The van der Waals surface area contributed by atoms with Gasteiger partial charge in [-0.05, 0) is 25.8 Å². The van der Waals surface area contributed by atoms with Crippen LogP contribution in [0, 0.1) is 6.92 Å². The molecule has 3 aromatic heterocycles. The highest BCUT2D eigenvalue weighted by molar-refractivity contribution is 5.41. The van der Waals surface area contributed by atoms with Crippen molar-refractivity contribution >= 4 is 11.6 Å². The maximum absolute atomic E-state index is 4.68. The Morgan fingerprint density at radius 1 is 1.12 bits per heavy atom. The Morgan fingerprint density at radius 2 is 1.96 bits per heavy atom. The maximum atomic E-state index is 4.68. The van der Waals surface area contributed by atoms with Gasteiger partial charge in [0.05, 0.1) is 12.4 Å². The lowest BCUT2D eigenvalue weighted by molar-refractivity contribution is 0.521. The molecule has 0 aliphatic carbocycles. The van der Waals surface area contributed by atoms with Gasteiger partial charge in [0, 0.05) is 43.3 Å². The van der Waals surface area contributed by atoms with E-state index in [9.17, 15) is 0 Å². The highest BCUT2D eigenvalue weighted by Crippen LogP contribution is 2.20. The van der Waals surface area contributed by atoms with Crippen molar-refractivity contribution < 1.29 is 0 Å². The molecule has 3 aromatic rings. The monoisotopic (exact) mass is 336 g/mol. The van der Waals surface area contributed by atoms with Crippen LogP contribution in [0.15, 0.2) is 43.2 Å². The minimum absolute atomic E-state index is 0.410. The summed E-state index contributed by atoms with van der Waals surface area (Å²) in [4.78, 5) is 19.7. The van der Waals surface area contributed by atoms with Crippen molar-refractivity contribution in [2.75, 3.05) is 23.3 Å². The lowest BCUT2D eigenvalue weighted by Crippen LogP contribution is -2.39. The molecule has 1 aliphatic heterocycles. The van der Waals surface area contributed by atoms with E-state index in [1.165, 1.54) is 0 Å². The van der Waals surface area contributed by atoms with Gasteiger partial charge in [0.15, 0.2) is 5.82 Å². The fraction of sp³-hybridized carbons (Fsp3) is 0.353. The van der Waals surface area contributed by atoms with E-state index < -0.39 is 0 Å². The Hall–Kier alpha value is -3.03. The molecule has 25 heavy (non-hydrogen) atoms. The fourth-order valence-corrected chi connectivity index (χ4v) is 3.01. The molecule has 4 heterocycles. The van der Waals surface area contributed by atoms with Gasteiger partial charge in [-0.3, -0.25) is 4.98 Å². The van der Waals surface area contributed by atoms with Gasteiger partial charge in [-0.25, -0.2) is 19.6 Å². The van der Waals surface area contributed by atoms with Gasteiger partial charge in [-0.2, -0.15) is 5.10 Å². The van der Waals surface area contributed by atoms with Gasteiger partial charge < -0.3 is 10.2 Å². The third-order valence-electron chi connectivity index (χ3n) is 4.32. The molecule has 0 spiro atoms. The first-order chi connectivity index (χ1) is 12.3. The van der Waals surface area contributed by atoms with E-state index in [2.05, 4.69) is 35.3 Å². The van der Waals surface area contributed by atoms with Gasteiger partial charge in [-0.15, -0.1) is 0 Å². The third kappa shape index (κ3) is 3.57. The van der Waals surface area contributed by atoms with Crippen LogP contribution in [0.2, 0.25) is 0 Å². The summed E-state index contributed by atoms with van der Waals surface area (Å²) in [5.74, 6) is 2.52. The number of rotatable bonds is 4. The zero-order valence-electron chi connectivity index (χ0n) is 14.1. The first-order valence-corrected chi connectivity index (χ1v) is 8.40. The van der Waals surface area contributed by atoms with Crippen LogP contribution in [0.1, 0.15) is 18.5 Å². The second-order valence-electron chi connectivity index (χ2n) is 6.14. The zero-order chi connectivity index (χ0) is 17.1. The Labute approximate surface area is 146 Å². The quantitative estimate of drug-likeness (QED) is 0.778. The Kier molecular flexibility index (Phi) is 4.24. The van der Waals surface area contributed by atoms with E-state index in [-0.39, 0.29) is 0 Å². The van der Waals surface area contributed by atoms with Gasteiger partial charge in [-0.1, -0.05) is 0 Å². The molecule has 128 valence electrons. The predicted octanol–water partition coefficient (Wildman–Crippen LogP) is 1.84. The summed E-state index contributed by atoms with van der Waals surface area (Å²) in [5, 5.41) is 7.71. The number of aromatic nitrogens is 6. The number of anilines is 2. The number of aryl methyl sites for hydroxylation is 1. The van der Waals surface area contributed by atoms with Gasteiger partial charge in [0.1, 0.15) is 18.0 Å². The van der Waals surface area contributed by atoms with Crippen molar-refractivity contribution in [3.05, 3.63) is 48.9 Å². The summed E-state index contributed by atoms with van der Waals surface area (Å²) in [6, 6.07) is 4.26. The summed E-state index contributed by atoms with van der Waals surface area (Å²) in [5.41, 5.74) is 0.973. The van der Waals surface area contributed by atoms with Crippen LogP contribution in [-0.4, -0.2) is 48.8 Å². The molecule has 1 N–H and O–H groups in total. The summed E-state index contributed by atoms with van der Waals surface area (Å²) in [7, 11) is 0. The van der Waals surface area contributed by atoms with Crippen molar-refractivity contribution in [3.63, 3.8) is 0 Å². The molecule has 0 unspecified atom stereocenters. The lowest BCUT2D eigenvalue weighted by Gasteiger charge is -2.33. The minimum Gasteiger partial charge on any atom is -0.367 e. The van der Waals surface area contributed by atoms with Crippen LogP contribution < -0.4 is 10.2 Å². The lowest BCUT2D eigenvalue weighted by atomic mass is 10.1. The molecule has 4 rings (SSSR count). The molecule has 1 saturated heterocycles. The summed E-state index contributed by atoms with van der Waals surface area (Å²) >= 11 is 0. The van der Waals surface area contributed by atoms with Crippen LogP contribution in [0.4, 0.5) is 11.6 Å². The second-order valence-corrected chi connectivity index (χ2v) is 6.14. The SMILES string of the molecule is Cc1cc(NC2CCN(c3cncc(-n4cccn4)n3)CC2)ncn1. The molecular weight excluding hydrogens is 316 g/mol. The molecule has 8 heteroatoms. The van der Waals surface area contributed by atoms with Crippen LogP contribution in [0.5, 0.6) is 0 Å². The van der Waals surface area contributed by atoms with Gasteiger partial charge >= 0.3 is 0 Å². The first kappa shape index (κ1) is 15.5. The molecule has 0 bridgehead atoms. The molecule has 1 aliphatic rings. The van der Waals surface area contributed by atoms with Crippen LogP contribution in [-0.2, 0) is 0 Å². The van der Waals surface area contributed by atoms with E-state index >= 15 is 0 Å². The average Bonchev–Trinajstić information content (AvgIpc) is 3.17. The topological polar surface area (TPSA) is 84.7 Å². The Bertz CT molecular complexity index is 824. The average molecular weight is 336 g/mol. The van der Waals surface area contributed by atoms with Crippen molar-refractivity contribution in [3.8, 4) is 5.82 Å². The van der Waals surface area contributed by atoms with E-state index in [1.807, 2.05) is 31.5 Å². The molecular formula is C17H20N8. The Balaban J connectivity index is 1.39. The standard InChI is InChI=1S/C17H20N8/c1-13-9-15(20-12-19-13)22-14-3-7-24(8-4-14)16-10-18-11-17(23-16)25-6-2-5-21-25/h2,5-6,9-12,14H,3-4,7-8H2,1H3,(H,19,20,22). The minimum atomic E-state index is 0.410. The second kappa shape index (κ2) is 6.84.